The summed E-state index contributed by atoms with van der Waals surface area (Å²) < 4.78 is 28.2. The molecule has 27 heavy (non-hydrogen) atoms. The van der Waals surface area contributed by atoms with Crippen molar-refractivity contribution in [2.45, 2.75) is 37.5 Å². The summed E-state index contributed by atoms with van der Waals surface area (Å²) in [6.45, 7) is 3.04. The number of hydrogen-bond donors (Lipinski definition) is 1. The summed E-state index contributed by atoms with van der Waals surface area (Å²) in [5.74, 6) is -0.340. The monoisotopic (exact) mass is 450 g/mol. The molecule has 1 amide bonds. The van der Waals surface area contributed by atoms with Gasteiger partial charge in [-0.2, -0.15) is 4.31 Å². The fourth-order valence-electron chi connectivity index (χ4n) is 3.14. The highest BCUT2D eigenvalue weighted by Gasteiger charge is 2.25. The number of carbonyl (C=O) groups excluding carboxylic acids is 1. The highest BCUT2D eigenvalue weighted by atomic mass is 79.9. The predicted molar refractivity (Wildman–Crippen MR) is 111 cm³/mol. The molecule has 7 heteroatoms. The van der Waals surface area contributed by atoms with E-state index in [4.69, 9.17) is 0 Å². The Labute approximate surface area is 169 Å². The second-order valence-corrected chi connectivity index (χ2v) is 9.58. The average molecular weight is 451 g/mol. The third kappa shape index (κ3) is 4.78. The van der Waals surface area contributed by atoms with Crippen LogP contribution in [0.3, 0.4) is 0 Å². The third-order valence-electron chi connectivity index (χ3n) is 4.67. The fourth-order valence-corrected chi connectivity index (χ4v) is 5.30. The maximum atomic E-state index is 13.0. The van der Waals surface area contributed by atoms with Gasteiger partial charge in [0.2, 0.25) is 10.0 Å². The molecule has 5 nitrogen and oxygen atoms in total. The van der Waals surface area contributed by atoms with Crippen molar-refractivity contribution in [3.8, 4) is 0 Å². The minimum atomic E-state index is -3.58. The first kappa shape index (κ1) is 20.0. The third-order valence-corrected chi connectivity index (χ3v) is 7.22. The number of hydrogen-bond acceptors (Lipinski definition) is 3. The Morgan fingerprint density at radius 1 is 1.04 bits per heavy atom. The second kappa shape index (κ2) is 8.54. The summed E-state index contributed by atoms with van der Waals surface area (Å²) in [5.41, 5.74) is 2.04. The van der Waals surface area contributed by atoms with Gasteiger partial charge < -0.3 is 5.32 Å². The zero-order valence-electron chi connectivity index (χ0n) is 15.2. The Balaban J connectivity index is 1.83. The van der Waals surface area contributed by atoms with Gasteiger partial charge in [0.15, 0.2) is 0 Å². The summed E-state index contributed by atoms with van der Waals surface area (Å²) in [6.07, 6.45) is 3.86. The normalized spacial score (nSPS) is 15.9. The molecular formula is C20H23BrN2O3S. The molecule has 0 aliphatic carbocycles. The van der Waals surface area contributed by atoms with E-state index in [0.717, 1.165) is 35.7 Å². The van der Waals surface area contributed by atoms with Crippen LogP contribution >= 0.6 is 15.9 Å². The molecular weight excluding hydrogens is 428 g/mol. The van der Waals surface area contributed by atoms with E-state index < -0.39 is 10.0 Å². The first-order valence-electron chi connectivity index (χ1n) is 9.05. The van der Waals surface area contributed by atoms with Crippen LogP contribution in [0.4, 0.5) is 5.69 Å². The van der Waals surface area contributed by atoms with Gasteiger partial charge in [-0.15, -0.1) is 0 Å². The van der Waals surface area contributed by atoms with E-state index in [1.54, 1.807) is 18.2 Å². The highest BCUT2D eigenvalue weighted by Crippen LogP contribution is 2.25. The van der Waals surface area contributed by atoms with Gasteiger partial charge in [0.05, 0.1) is 10.6 Å². The van der Waals surface area contributed by atoms with Crippen LogP contribution in [-0.2, 0) is 10.0 Å². The van der Waals surface area contributed by atoms with Gasteiger partial charge in [0.1, 0.15) is 0 Å². The Hall–Kier alpha value is -1.70. The summed E-state index contributed by atoms with van der Waals surface area (Å²) in [5, 5.41) is 2.83. The highest BCUT2D eigenvalue weighted by molar-refractivity contribution is 9.10. The van der Waals surface area contributed by atoms with Gasteiger partial charge in [-0.25, -0.2) is 8.42 Å². The van der Waals surface area contributed by atoms with Crippen molar-refractivity contribution in [2.24, 2.45) is 0 Å². The minimum Gasteiger partial charge on any atom is -0.321 e. The maximum absolute atomic E-state index is 13.0. The molecule has 1 saturated heterocycles. The van der Waals surface area contributed by atoms with Crippen molar-refractivity contribution in [3.05, 3.63) is 58.1 Å². The molecule has 0 aromatic heterocycles. The van der Waals surface area contributed by atoms with Crippen LogP contribution in [0.1, 0.15) is 41.6 Å². The molecule has 2 aromatic carbocycles. The lowest BCUT2D eigenvalue weighted by Crippen LogP contribution is -2.32. The number of rotatable bonds is 4. The molecule has 0 bridgehead atoms. The number of nitrogens with zero attached hydrogens (tertiary/aromatic N) is 1. The lowest BCUT2D eigenvalue weighted by molar-refractivity contribution is 0.102. The van der Waals surface area contributed by atoms with Crippen molar-refractivity contribution in [1.82, 2.24) is 4.31 Å². The van der Waals surface area contributed by atoms with E-state index >= 15 is 0 Å². The molecule has 0 unspecified atom stereocenters. The fraction of sp³-hybridized carbons (Fsp3) is 0.350. The van der Waals surface area contributed by atoms with Crippen molar-refractivity contribution >= 4 is 37.5 Å². The molecule has 0 radical (unpaired) electrons. The summed E-state index contributed by atoms with van der Waals surface area (Å²) in [6, 6.07) is 11.9. The van der Waals surface area contributed by atoms with Crippen LogP contribution in [0.2, 0.25) is 0 Å². The van der Waals surface area contributed by atoms with Crippen molar-refractivity contribution in [3.63, 3.8) is 0 Å². The summed E-state index contributed by atoms with van der Waals surface area (Å²) in [7, 11) is -3.58. The van der Waals surface area contributed by atoms with Crippen molar-refractivity contribution in [2.75, 3.05) is 18.4 Å². The lowest BCUT2D eigenvalue weighted by Gasteiger charge is -2.20. The largest absolute Gasteiger partial charge is 0.321 e. The average Bonchev–Trinajstić information content (AvgIpc) is 2.94. The number of carbonyl (C=O) groups is 1. The Morgan fingerprint density at radius 3 is 2.41 bits per heavy atom. The molecule has 1 N–H and O–H groups in total. The number of halogens is 1. The summed E-state index contributed by atoms with van der Waals surface area (Å²) in [4.78, 5) is 12.8. The number of benzene rings is 2. The van der Waals surface area contributed by atoms with Crippen molar-refractivity contribution < 1.29 is 13.2 Å². The van der Waals surface area contributed by atoms with Gasteiger partial charge in [-0.3, -0.25) is 4.79 Å². The van der Waals surface area contributed by atoms with Crippen LogP contribution in [0.15, 0.2) is 51.8 Å². The summed E-state index contributed by atoms with van der Waals surface area (Å²) >= 11 is 3.44. The smallest absolute Gasteiger partial charge is 0.255 e. The molecule has 1 aliphatic rings. The number of aryl methyl sites for hydroxylation is 1. The van der Waals surface area contributed by atoms with E-state index in [9.17, 15) is 13.2 Å². The molecule has 3 rings (SSSR count). The number of anilines is 1. The van der Waals surface area contributed by atoms with E-state index in [0.29, 0.717) is 24.3 Å². The van der Waals surface area contributed by atoms with Crippen LogP contribution < -0.4 is 5.32 Å². The van der Waals surface area contributed by atoms with E-state index in [1.807, 2.05) is 25.1 Å². The molecule has 1 fully saturated rings. The van der Waals surface area contributed by atoms with Gasteiger partial charge in [-0.05, 0) is 71.6 Å². The van der Waals surface area contributed by atoms with Crippen LogP contribution in [-0.4, -0.2) is 31.7 Å². The molecule has 1 heterocycles. The maximum Gasteiger partial charge on any atom is 0.255 e. The SMILES string of the molecule is Cc1ccc(NC(=O)c2cccc(S(=O)(=O)N3CCCCCC3)c2)c(Br)c1. The van der Waals surface area contributed by atoms with E-state index in [1.165, 1.54) is 10.4 Å². The van der Waals surface area contributed by atoms with Gasteiger partial charge in [0, 0.05) is 23.1 Å². The zero-order valence-corrected chi connectivity index (χ0v) is 17.6. The van der Waals surface area contributed by atoms with Crippen LogP contribution in [0, 0.1) is 6.92 Å². The number of amides is 1. The molecule has 0 saturated carbocycles. The minimum absolute atomic E-state index is 0.167. The first-order valence-corrected chi connectivity index (χ1v) is 11.3. The first-order chi connectivity index (χ1) is 12.9. The van der Waals surface area contributed by atoms with Crippen LogP contribution in [0.25, 0.3) is 0 Å². The Morgan fingerprint density at radius 2 is 1.74 bits per heavy atom. The van der Waals surface area contributed by atoms with E-state index in [-0.39, 0.29) is 10.8 Å². The number of sulfonamides is 1. The number of nitrogens with one attached hydrogen (secondary N) is 1. The van der Waals surface area contributed by atoms with Gasteiger partial charge >= 0.3 is 0 Å². The zero-order chi connectivity index (χ0) is 19.4. The standard InChI is InChI=1S/C20H23BrN2O3S/c1-15-9-10-19(18(21)13-15)22-20(24)16-7-6-8-17(14-16)27(25,26)23-11-4-2-3-5-12-23/h6-10,13-14H,2-5,11-12H2,1H3,(H,22,24). The Bertz CT molecular complexity index is 936. The lowest BCUT2D eigenvalue weighted by atomic mass is 10.2. The molecule has 144 valence electrons. The van der Waals surface area contributed by atoms with Crippen LogP contribution in [0.5, 0.6) is 0 Å². The molecule has 0 spiro atoms. The predicted octanol–water partition coefficient (Wildman–Crippen LogP) is 4.57. The van der Waals surface area contributed by atoms with Crippen molar-refractivity contribution in [1.29, 1.82) is 0 Å². The Kier molecular flexibility index (Phi) is 6.34. The molecule has 2 aromatic rings. The molecule has 1 aliphatic heterocycles. The quantitative estimate of drug-likeness (QED) is 0.741. The van der Waals surface area contributed by atoms with Gasteiger partial charge in [0.25, 0.3) is 5.91 Å². The molecule has 0 atom stereocenters. The van der Waals surface area contributed by atoms with Gasteiger partial charge in [-0.1, -0.05) is 25.0 Å². The topological polar surface area (TPSA) is 66.5 Å². The second-order valence-electron chi connectivity index (χ2n) is 6.78. The van der Waals surface area contributed by atoms with E-state index in [2.05, 4.69) is 21.2 Å².